The number of fused-ring (bicyclic) bond motifs is 1. The van der Waals surface area contributed by atoms with Crippen molar-refractivity contribution in [2.75, 3.05) is 26.4 Å². The molecule has 5 unspecified atom stereocenters. The van der Waals surface area contributed by atoms with Gasteiger partial charge in [0.2, 0.25) is 0 Å². The Hall–Kier alpha value is 0.270. The molecule has 0 spiro atoms. The number of nitrogens with one attached hydrogen (secondary N) is 1. The van der Waals surface area contributed by atoms with E-state index in [2.05, 4.69) is 42.3 Å². The van der Waals surface area contributed by atoms with Crippen LogP contribution >= 0.6 is 9.24 Å². The fraction of sp³-hybridized carbons (Fsp3) is 1.00. The first-order valence-corrected chi connectivity index (χ1v) is 11.3. The molecule has 0 aliphatic carbocycles. The lowest BCUT2D eigenvalue weighted by Gasteiger charge is -2.30. The highest BCUT2D eigenvalue weighted by atomic mass is 31.0. The molecule has 0 aromatic carbocycles. The molecule has 2 heterocycles. The van der Waals surface area contributed by atoms with Gasteiger partial charge in [0.05, 0.1) is 12.2 Å². The third-order valence-electron chi connectivity index (χ3n) is 4.66. The van der Waals surface area contributed by atoms with Gasteiger partial charge < -0.3 is 19.5 Å². The summed E-state index contributed by atoms with van der Waals surface area (Å²) in [5, 5.41) is 3.40. The number of ether oxygens (including phenoxy) is 3. The Bertz CT molecular complexity index is 315. The van der Waals surface area contributed by atoms with E-state index in [4.69, 9.17) is 14.2 Å². The average molecular weight is 378 g/mol. The Labute approximate surface area is 159 Å². The van der Waals surface area contributed by atoms with Gasteiger partial charge in [-0.15, -0.1) is 9.24 Å². The zero-order valence-electron chi connectivity index (χ0n) is 17.8. The Morgan fingerprint density at radius 2 is 1.80 bits per heavy atom. The van der Waals surface area contributed by atoms with Crippen LogP contribution in [0.2, 0.25) is 0 Å². The lowest BCUT2D eigenvalue weighted by atomic mass is 10.0. The molecule has 0 bridgehead atoms. The van der Waals surface area contributed by atoms with Crippen LogP contribution in [0.3, 0.4) is 0 Å². The first-order chi connectivity index (χ1) is 11.9. The smallest absolute Gasteiger partial charge is 0.163 e. The summed E-state index contributed by atoms with van der Waals surface area (Å²) in [7, 11) is 2.42. The topological polar surface area (TPSA) is 39.7 Å². The molecule has 2 aliphatic heterocycles. The molecule has 25 heavy (non-hydrogen) atoms. The van der Waals surface area contributed by atoms with Gasteiger partial charge in [0, 0.05) is 6.61 Å². The van der Waals surface area contributed by atoms with Crippen molar-refractivity contribution in [1.82, 2.24) is 5.32 Å². The molecule has 0 aromatic heterocycles. The zero-order valence-corrected chi connectivity index (χ0v) is 18.9. The third-order valence-corrected chi connectivity index (χ3v) is 4.66. The van der Waals surface area contributed by atoms with E-state index < -0.39 is 5.79 Å². The predicted octanol–water partition coefficient (Wildman–Crippen LogP) is 4.62. The van der Waals surface area contributed by atoms with E-state index in [0.29, 0.717) is 0 Å². The number of rotatable bonds is 7. The first kappa shape index (κ1) is 25.3. The van der Waals surface area contributed by atoms with Crippen molar-refractivity contribution in [3.8, 4) is 0 Å². The maximum absolute atomic E-state index is 5.81. The van der Waals surface area contributed by atoms with Gasteiger partial charge in [-0.05, 0) is 58.5 Å². The quantitative estimate of drug-likeness (QED) is 0.519. The van der Waals surface area contributed by atoms with E-state index in [0.717, 1.165) is 25.4 Å². The highest BCUT2D eigenvalue weighted by Gasteiger charge is 2.46. The van der Waals surface area contributed by atoms with Crippen molar-refractivity contribution < 1.29 is 14.2 Å². The minimum Gasteiger partial charge on any atom is -0.375 e. The van der Waals surface area contributed by atoms with Gasteiger partial charge in [-0.1, -0.05) is 40.8 Å². The zero-order chi connectivity index (χ0) is 19.3. The lowest BCUT2D eigenvalue weighted by Crippen LogP contribution is -2.42. The van der Waals surface area contributed by atoms with Crippen LogP contribution in [0.4, 0.5) is 0 Å². The SMILES string of the molecule is CCC1OCCC2OC(C)(C)OC12.CCCNCCC(C)CC.CP. The normalized spacial score (nSPS) is 28.1. The minimum absolute atomic E-state index is 0.147. The summed E-state index contributed by atoms with van der Waals surface area (Å²) in [5.41, 5.74) is 0. The van der Waals surface area contributed by atoms with Gasteiger partial charge in [-0.3, -0.25) is 0 Å². The molecule has 0 saturated carbocycles. The lowest BCUT2D eigenvalue weighted by molar-refractivity contribution is -0.153. The van der Waals surface area contributed by atoms with Crippen LogP contribution < -0.4 is 5.32 Å². The second-order valence-electron chi connectivity index (χ2n) is 7.30. The Morgan fingerprint density at radius 3 is 2.36 bits per heavy atom. The monoisotopic (exact) mass is 377 g/mol. The molecule has 2 fully saturated rings. The van der Waals surface area contributed by atoms with Gasteiger partial charge >= 0.3 is 0 Å². The Balaban J connectivity index is 0.000000434. The summed E-state index contributed by atoms with van der Waals surface area (Å²) < 4.78 is 17.2. The van der Waals surface area contributed by atoms with Crippen LogP contribution in [0.15, 0.2) is 0 Å². The number of hydrogen-bond donors (Lipinski definition) is 1. The van der Waals surface area contributed by atoms with E-state index in [1.807, 2.05) is 20.5 Å². The van der Waals surface area contributed by atoms with Gasteiger partial charge in [0.15, 0.2) is 5.79 Å². The van der Waals surface area contributed by atoms with Crippen molar-refractivity contribution in [2.24, 2.45) is 5.92 Å². The highest BCUT2D eigenvalue weighted by Crippen LogP contribution is 2.35. The summed E-state index contributed by atoms with van der Waals surface area (Å²) in [6, 6.07) is 0. The molecule has 0 aromatic rings. The second-order valence-corrected chi connectivity index (χ2v) is 7.30. The summed E-state index contributed by atoms with van der Waals surface area (Å²) in [4.78, 5) is 0. The van der Waals surface area contributed by atoms with Crippen LogP contribution in [0.5, 0.6) is 0 Å². The molecule has 2 saturated heterocycles. The minimum atomic E-state index is -0.420. The molecule has 2 aliphatic rings. The van der Waals surface area contributed by atoms with Crippen molar-refractivity contribution in [1.29, 1.82) is 0 Å². The summed E-state index contributed by atoms with van der Waals surface area (Å²) in [6.45, 7) is 17.9. The van der Waals surface area contributed by atoms with Crippen LogP contribution in [-0.4, -0.2) is 50.5 Å². The van der Waals surface area contributed by atoms with Crippen LogP contribution in [0, 0.1) is 5.92 Å². The van der Waals surface area contributed by atoms with Gasteiger partial charge in [-0.2, -0.15) is 0 Å². The molecule has 2 rings (SSSR count). The van der Waals surface area contributed by atoms with Crippen molar-refractivity contribution in [3.05, 3.63) is 0 Å². The van der Waals surface area contributed by atoms with E-state index >= 15 is 0 Å². The number of hydrogen-bond acceptors (Lipinski definition) is 4. The van der Waals surface area contributed by atoms with Crippen LogP contribution in [-0.2, 0) is 14.2 Å². The third kappa shape index (κ3) is 10.2. The predicted molar refractivity (Wildman–Crippen MR) is 111 cm³/mol. The largest absolute Gasteiger partial charge is 0.375 e. The molecule has 0 amide bonds. The van der Waals surface area contributed by atoms with E-state index in [1.54, 1.807) is 0 Å². The van der Waals surface area contributed by atoms with Gasteiger partial charge in [0.25, 0.3) is 0 Å². The van der Waals surface area contributed by atoms with E-state index in [9.17, 15) is 0 Å². The van der Waals surface area contributed by atoms with Crippen LogP contribution in [0.25, 0.3) is 0 Å². The van der Waals surface area contributed by atoms with E-state index in [1.165, 1.54) is 32.4 Å². The molecule has 0 radical (unpaired) electrons. The van der Waals surface area contributed by atoms with Crippen molar-refractivity contribution in [2.45, 2.75) is 97.7 Å². The fourth-order valence-corrected chi connectivity index (χ4v) is 3.04. The molecule has 5 heteroatoms. The molecule has 5 atom stereocenters. The standard InChI is InChI=1S/C10H18O3.C9H21N.CH5P/c1-4-7-9-8(5-6-11-7)12-10(2,3)13-9;1-4-7-10-8-6-9(3)5-2;1-2/h7-9H,4-6H2,1-3H3;9-10H,4-8H2,1-3H3;2H2,1H3. The van der Waals surface area contributed by atoms with Crippen molar-refractivity contribution in [3.63, 3.8) is 0 Å². The van der Waals surface area contributed by atoms with Gasteiger partial charge in [-0.25, -0.2) is 0 Å². The average Bonchev–Trinajstić information content (AvgIpc) is 2.94. The first-order valence-electron chi connectivity index (χ1n) is 10.2. The molecule has 1 N–H and O–H groups in total. The molecular formula is C20H44NO3P. The second kappa shape index (κ2) is 14.3. The van der Waals surface area contributed by atoms with E-state index in [-0.39, 0.29) is 18.3 Å². The van der Waals surface area contributed by atoms with Crippen LogP contribution in [0.1, 0.15) is 73.6 Å². The Kier molecular flexibility index (Phi) is 14.5. The summed E-state index contributed by atoms with van der Waals surface area (Å²) >= 11 is 0. The maximum Gasteiger partial charge on any atom is 0.163 e. The Morgan fingerprint density at radius 1 is 1.12 bits per heavy atom. The molecule has 152 valence electrons. The molecular weight excluding hydrogens is 333 g/mol. The highest BCUT2D eigenvalue weighted by molar-refractivity contribution is 7.15. The maximum atomic E-state index is 5.81. The summed E-state index contributed by atoms with van der Waals surface area (Å²) in [6.07, 6.45) is 6.47. The summed E-state index contributed by atoms with van der Waals surface area (Å²) in [5.74, 6) is 0.473. The van der Waals surface area contributed by atoms with Crippen molar-refractivity contribution >= 4 is 9.24 Å². The molecule has 4 nitrogen and oxygen atoms in total. The fourth-order valence-electron chi connectivity index (χ4n) is 3.04. The van der Waals surface area contributed by atoms with Gasteiger partial charge in [0.1, 0.15) is 6.10 Å².